The van der Waals surface area contributed by atoms with Crippen LogP contribution in [0.25, 0.3) is 82.5 Å². The average molecular weight is 2540 g/mol. The van der Waals surface area contributed by atoms with Gasteiger partial charge in [-0.2, -0.15) is 47.2 Å². The summed E-state index contributed by atoms with van der Waals surface area (Å²) in [6.45, 7) is 58.4. The fourth-order valence-corrected chi connectivity index (χ4v) is 23.6. The monoisotopic (exact) mass is 2540 g/mol. The maximum absolute atomic E-state index is 14.2. The zero-order valence-electron chi connectivity index (χ0n) is 90.0. The fraction of sp³-hybridized carbons (Fsp3) is 0.262. The Morgan fingerprint density at radius 1 is 0.248 bits per heavy atom. The Morgan fingerprint density at radius 3 is 0.792 bits per heavy atom. The SMILES string of the molecule is CC(C)(C)c1ccnc(C(C)(C)c2[c-]c3c4[c-]c(C(C)(C)c5cc(C(C)(C)C)ccn5)ccc4n(-c4ccc(F)cc4)c3cc2)c1.CC(C)(C)c1ccnc(N(c2[c-]c3c4[c-]c(N(c5ccccc5)c5cc(C(C)(C)C)ccn5)ccc4n(-c4ccc(F)cc4)c3cc2)c2ccccc2)c1.CC(C)(C)c1ccnc([Si](C)(C)c2[c-]c3c4[c-]c([Si](C)(C)c5cc(C(C)(C)C)ccn5)ccc4n(-c4ccc(F)cc4)c3cc2)c1.[Pt+2].[Pt+2].[Pt+2]. The maximum atomic E-state index is 14.2. The van der Waals surface area contributed by atoms with Gasteiger partial charge >= 0.3 is 63.2 Å². The molecule has 11 nitrogen and oxygen atoms in total. The molecule has 0 aliphatic rings. The second kappa shape index (κ2) is 42.4. The van der Waals surface area contributed by atoms with E-state index in [1.807, 2.05) is 110 Å². The van der Waals surface area contributed by atoms with E-state index < -0.39 is 27.0 Å². The number of pyridine rings is 6. The van der Waals surface area contributed by atoms with Crippen molar-refractivity contribution in [2.24, 2.45) is 0 Å². The summed E-state index contributed by atoms with van der Waals surface area (Å²) in [7, 11) is -4.43. The van der Waals surface area contributed by atoms with Crippen LogP contribution in [0.2, 0.25) is 26.2 Å². The summed E-state index contributed by atoms with van der Waals surface area (Å²) in [6, 6.07) is 116. The summed E-state index contributed by atoms with van der Waals surface area (Å²) in [4.78, 5) is 33.5. The number of hydrogen-bond donors (Lipinski definition) is 0. The van der Waals surface area contributed by atoms with E-state index in [-0.39, 0.29) is 113 Å². The Balaban J connectivity index is 0.000000166. The molecular weight excluding hydrogens is 2410 g/mol. The number of fused-ring (bicyclic) bond motifs is 9. The van der Waals surface area contributed by atoms with Crippen molar-refractivity contribution in [3.63, 3.8) is 0 Å². The van der Waals surface area contributed by atoms with Crippen LogP contribution in [-0.4, -0.2) is 59.8 Å². The van der Waals surface area contributed by atoms with Crippen LogP contribution >= 0.6 is 0 Å². The molecule has 0 N–H and O–H groups in total. The van der Waals surface area contributed by atoms with Gasteiger partial charge in [-0.25, -0.2) is 44.7 Å². The van der Waals surface area contributed by atoms with Gasteiger partial charge in [0.2, 0.25) is 0 Å². The summed E-state index contributed by atoms with van der Waals surface area (Å²) < 4.78 is 48.8. The van der Waals surface area contributed by atoms with Crippen molar-refractivity contribution in [1.29, 1.82) is 0 Å². The van der Waals surface area contributed by atoms with E-state index in [0.29, 0.717) is 0 Å². The van der Waals surface area contributed by atoms with Crippen LogP contribution in [0.3, 0.4) is 0 Å². The van der Waals surface area contributed by atoms with Gasteiger partial charge in [0.15, 0.2) is 0 Å². The van der Waals surface area contributed by atoms with Gasteiger partial charge in [-0.05, 0) is 247 Å². The number of halogens is 3. The number of nitrogens with zero attached hydrogens (tertiary/aromatic N) is 11. The first kappa shape index (κ1) is 111. The van der Waals surface area contributed by atoms with E-state index in [0.717, 1.165) is 150 Å². The normalized spacial score (nSPS) is 12.4. The second-order valence-electron chi connectivity index (χ2n) is 47.0. The number of rotatable bonds is 17. The molecule has 0 saturated heterocycles. The Morgan fingerprint density at radius 2 is 0.497 bits per heavy atom. The molecule has 0 radical (unpaired) electrons. The molecule has 0 bridgehead atoms. The molecule has 0 unspecified atom stereocenters. The molecule has 764 valence electrons. The molecule has 0 spiro atoms. The second-order valence-corrected chi connectivity index (χ2v) is 55.6. The van der Waals surface area contributed by atoms with Gasteiger partial charge in [0.1, 0.15) is 45.2 Å². The molecular formula is C130H130F3N11Pt3Si2. The molecule has 0 aliphatic carbocycles. The zero-order chi connectivity index (χ0) is 104. The van der Waals surface area contributed by atoms with Crippen molar-refractivity contribution < 1.29 is 76.4 Å². The van der Waals surface area contributed by atoms with E-state index in [1.165, 1.54) is 80.2 Å². The van der Waals surface area contributed by atoms with Gasteiger partial charge in [-0.1, -0.05) is 248 Å². The van der Waals surface area contributed by atoms with Crippen LogP contribution in [0.15, 0.2) is 316 Å². The standard InChI is InChI=1S/C48H42FN5.C42H44FN3.C40H44FN3Si2.3Pt/c1-47(2,3)33-25-27-50-45(29-33)52(36-13-9-7-10-14-36)39-21-23-43-41(31-39)42-32-40(22-24-44(42)54(43)38-19-17-35(49)18-20-38)53(37-15-11-8-12-16-37)46-30-34(26-28-51-46)48(4,5)6;1-39(2,3)27-19-21-44-37(25-27)41(7,8)29-11-17-35-33(23-29)34-24-30(12-18-36(34)46(35)32-15-13-31(43)14-16-32)42(9,10)38-26-28(20-22-45-38)40(4,5)6;1-39(2,3)27-19-21-42-37(23-27)45(7,8)31-15-17-35-33(25-31)34-26-32(16-18-36(34)44(35)30-13-11-29(41)12-14-30)46(9,10)38-24-28(20-22-43-38)40(4,5)6;;;/h7-30H,1-6H3;11-22,25-26H,1-10H3;11-24H,1-10H3;;;/q3*-2;3*+2. The fourth-order valence-electron chi connectivity index (χ4n) is 19.3. The van der Waals surface area contributed by atoms with Crippen molar-refractivity contribution >= 4 is 137 Å². The molecule has 20 aromatic rings. The van der Waals surface area contributed by atoms with Gasteiger partial charge in [0.05, 0.1) is 0 Å². The maximum Gasteiger partial charge on any atom is 2.00 e. The van der Waals surface area contributed by atoms with E-state index in [9.17, 15) is 13.2 Å². The first-order chi connectivity index (χ1) is 68.9. The minimum atomic E-state index is -2.22. The largest absolute Gasteiger partial charge is 2.00 e. The molecule has 0 saturated carbocycles. The van der Waals surface area contributed by atoms with Gasteiger partial charge in [-0.3, -0.25) is 19.9 Å². The minimum absolute atomic E-state index is 0. The van der Waals surface area contributed by atoms with E-state index in [1.54, 1.807) is 0 Å². The summed E-state index contributed by atoms with van der Waals surface area (Å²) in [6.07, 6.45) is 11.5. The molecule has 20 rings (SSSR count). The van der Waals surface area contributed by atoms with Crippen molar-refractivity contribution in [2.75, 3.05) is 9.80 Å². The van der Waals surface area contributed by atoms with E-state index in [4.69, 9.17) is 29.9 Å². The average Bonchev–Trinajstić information content (AvgIpc) is 1.56. The Kier molecular flexibility index (Phi) is 31.5. The Bertz CT molecular complexity index is 7570. The van der Waals surface area contributed by atoms with Crippen LogP contribution in [0.5, 0.6) is 0 Å². The molecule has 0 aliphatic heterocycles. The van der Waals surface area contributed by atoms with Crippen LogP contribution in [0.4, 0.5) is 47.6 Å². The number of aromatic nitrogens is 9. The number of benzene rings is 11. The molecule has 0 amide bonds. The molecule has 0 fully saturated rings. The van der Waals surface area contributed by atoms with Crippen molar-refractivity contribution in [1.82, 2.24) is 43.6 Å². The smallest absolute Gasteiger partial charge is 0.409 e. The molecule has 9 aromatic heterocycles. The molecule has 0 atom stereocenters. The predicted molar refractivity (Wildman–Crippen MR) is 607 cm³/mol. The van der Waals surface area contributed by atoms with Gasteiger partial charge in [0, 0.05) is 98.5 Å². The van der Waals surface area contributed by atoms with Crippen LogP contribution in [0.1, 0.15) is 208 Å². The first-order valence-electron chi connectivity index (χ1n) is 50.5. The summed E-state index contributed by atoms with van der Waals surface area (Å²) in [5, 5.41) is 10.5. The van der Waals surface area contributed by atoms with E-state index in [2.05, 4.69) is 408 Å². The molecule has 19 heteroatoms. The van der Waals surface area contributed by atoms with Crippen molar-refractivity contribution in [3.05, 3.63) is 426 Å². The van der Waals surface area contributed by atoms with Crippen molar-refractivity contribution in [3.8, 4) is 17.1 Å². The van der Waals surface area contributed by atoms with Gasteiger partial charge in [-0.15, -0.1) is 94.3 Å². The third-order valence-electron chi connectivity index (χ3n) is 28.9. The Hall–Kier alpha value is -12.4. The number of anilines is 6. The summed E-state index contributed by atoms with van der Waals surface area (Å²) in [5.74, 6) is 0.815. The molecule has 149 heavy (non-hydrogen) atoms. The van der Waals surface area contributed by atoms with Crippen LogP contribution in [-0.2, 0) is 107 Å². The minimum Gasteiger partial charge on any atom is -0.409 e. The summed E-state index contributed by atoms with van der Waals surface area (Å²) in [5.41, 5.74) is 23.0. The van der Waals surface area contributed by atoms with Gasteiger partial charge in [0.25, 0.3) is 0 Å². The predicted octanol–water partition coefficient (Wildman–Crippen LogP) is 31.0. The molecule has 11 aromatic carbocycles. The van der Waals surface area contributed by atoms with Gasteiger partial charge < -0.3 is 23.5 Å². The zero-order valence-corrected chi connectivity index (χ0v) is 98.8. The first-order valence-corrected chi connectivity index (χ1v) is 56.5. The van der Waals surface area contributed by atoms with Crippen LogP contribution < -0.4 is 30.8 Å². The van der Waals surface area contributed by atoms with Crippen molar-refractivity contribution in [2.45, 2.75) is 222 Å². The third kappa shape index (κ3) is 22.6. The number of para-hydroxylation sites is 2. The summed E-state index contributed by atoms with van der Waals surface area (Å²) >= 11 is 0. The van der Waals surface area contributed by atoms with Crippen LogP contribution in [0, 0.1) is 53.8 Å². The topological polar surface area (TPSA) is 98.6 Å². The Labute approximate surface area is 923 Å². The van der Waals surface area contributed by atoms with E-state index >= 15 is 0 Å². The molecule has 9 heterocycles. The third-order valence-corrected chi connectivity index (χ3v) is 35.3. The number of hydrogen-bond acceptors (Lipinski definition) is 8. The quantitative estimate of drug-likeness (QED) is 0.0657.